The van der Waals surface area contributed by atoms with Crippen molar-refractivity contribution in [3.63, 3.8) is 0 Å². The fourth-order valence-electron chi connectivity index (χ4n) is 3.29. The molecule has 1 atom stereocenters. The van der Waals surface area contributed by atoms with E-state index in [0.717, 1.165) is 44.0 Å². The molecule has 0 aliphatic carbocycles. The van der Waals surface area contributed by atoms with Crippen LogP contribution in [0, 0.1) is 0 Å². The summed E-state index contributed by atoms with van der Waals surface area (Å²) in [6.07, 6.45) is 0. The molecule has 2 amide bonds. The van der Waals surface area contributed by atoms with Gasteiger partial charge in [0, 0.05) is 51.9 Å². The predicted molar refractivity (Wildman–Crippen MR) is 103 cm³/mol. The molecule has 1 aromatic rings. The summed E-state index contributed by atoms with van der Waals surface area (Å²) in [4.78, 5) is 16.9. The van der Waals surface area contributed by atoms with Crippen LogP contribution in [0.4, 0.5) is 4.79 Å². The van der Waals surface area contributed by atoms with E-state index in [-0.39, 0.29) is 12.1 Å². The van der Waals surface area contributed by atoms with Gasteiger partial charge < -0.3 is 25.0 Å². The molecular weight excluding hydrogens is 332 g/mol. The zero-order chi connectivity index (χ0) is 18.8. The normalized spacial score (nSPS) is 16.9. The number of methoxy groups -OCH3 is 2. The largest absolute Gasteiger partial charge is 0.496 e. The van der Waals surface area contributed by atoms with Crippen LogP contribution < -0.4 is 15.4 Å². The molecule has 0 saturated carbocycles. The summed E-state index contributed by atoms with van der Waals surface area (Å²) in [5.41, 5.74) is 1.11. The topological polar surface area (TPSA) is 66.1 Å². The molecule has 1 unspecified atom stereocenters. The van der Waals surface area contributed by atoms with E-state index < -0.39 is 0 Å². The maximum absolute atomic E-state index is 12.1. The van der Waals surface area contributed by atoms with E-state index in [9.17, 15) is 4.79 Å². The van der Waals surface area contributed by atoms with E-state index in [4.69, 9.17) is 9.47 Å². The van der Waals surface area contributed by atoms with E-state index in [2.05, 4.69) is 33.4 Å². The van der Waals surface area contributed by atoms with Crippen LogP contribution in [0.2, 0.25) is 0 Å². The SMILES string of the molecule is CCN1CCN(C(CNC(=O)NCCOC)c2ccccc2OC)CC1. The third-order valence-corrected chi connectivity index (χ3v) is 4.84. The molecule has 1 fully saturated rings. The van der Waals surface area contributed by atoms with Crippen molar-refractivity contribution in [3.05, 3.63) is 29.8 Å². The molecule has 26 heavy (non-hydrogen) atoms. The summed E-state index contributed by atoms with van der Waals surface area (Å²) in [5, 5.41) is 5.80. The third-order valence-electron chi connectivity index (χ3n) is 4.84. The van der Waals surface area contributed by atoms with Crippen LogP contribution in [0.3, 0.4) is 0 Å². The Morgan fingerprint density at radius 1 is 1.15 bits per heavy atom. The summed E-state index contributed by atoms with van der Waals surface area (Å²) in [6.45, 7) is 8.84. The standard InChI is InChI=1S/C19H32N4O3/c1-4-22-10-12-23(13-11-22)17(15-21-19(24)20-9-14-25-2)16-7-5-6-8-18(16)26-3/h5-8,17H,4,9-15H2,1-3H3,(H2,20,21,24). The highest BCUT2D eigenvalue weighted by molar-refractivity contribution is 5.73. The van der Waals surface area contributed by atoms with Crippen molar-refractivity contribution in [1.29, 1.82) is 0 Å². The van der Waals surface area contributed by atoms with Gasteiger partial charge in [0.2, 0.25) is 0 Å². The highest BCUT2D eigenvalue weighted by Gasteiger charge is 2.27. The molecule has 2 N–H and O–H groups in total. The first-order valence-electron chi connectivity index (χ1n) is 9.29. The molecule has 0 spiro atoms. The maximum Gasteiger partial charge on any atom is 0.314 e. The van der Waals surface area contributed by atoms with Gasteiger partial charge in [-0.15, -0.1) is 0 Å². The van der Waals surface area contributed by atoms with Gasteiger partial charge in [-0.05, 0) is 12.6 Å². The Labute approximate surface area is 156 Å². The molecule has 7 nitrogen and oxygen atoms in total. The lowest BCUT2D eigenvalue weighted by Gasteiger charge is -2.39. The van der Waals surface area contributed by atoms with Crippen molar-refractivity contribution in [2.24, 2.45) is 0 Å². The Morgan fingerprint density at radius 2 is 1.88 bits per heavy atom. The van der Waals surface area contributed by atoms with Gasteiger partial charge in [-0.1, -0.05) is 25.1 Å². The van der Waals surface area contributed by atoms with Crippen LogP contribution in [0.15, 0.2) is 24.3 Å². The van der Waals surface area contributed by atoms with Crippen LogP contribution in [0.1, 0.15) is 18.5 Å². The monoisotopic (exact) mass is 364 g/mol. The molecule has 1 aromatic carbocycles. The first-order chi connectivity index (χ1) is 12.7. The molecule has 1 saturated heterocycles. The molecule has 1 aliphatic rings. The van der Waals surface area contributed by atoms with Crippen LogP contribution >= 0.6 is 0 Å². The summed E-state index contributed by atoms with van der Waals surface area (Å²) in [5.74, 6) is 0.858. The van der Waals surface area contributed by atoms with Crippen molar-refractivity contribution in [3.8, 4) is 5.75 Å². The highest BCUT2D eigenvalue weighted by atomic mass is 16.5. The molecule has 1 aliphatic heterocycles. The number of nitrogens with zero attached hydrogens (tertiary/aromatic N) is 2. The number of hydrogen-bond donors (Lipinski definition) is 2. The Bertz CT molecular complexity index is 547. The third kappa shape index (κ3) is 5.86. The van der Waals surface area contributed by atoms with E-state index in [1.807, 2.05) is 18.2 Å². The molecule has 0 aromatic heterocycles. The number of hydrogen-bond acceptors (Lipinski definition) is 5. The number of likely N-dealkylation sites (N-methyl/N-ethyl adjacent to an activating group) is 1. The Hall–Kier alpha value is -1.83. The van der Waals surface area contributed by atoms with Crippen molar-refractivity contribution in [2.75, 3.05) is 66.6 Å². The van der Waals surface area contributed by atoms with Crippen LogP contribution in [0.5, 0.6) is 5.75 Å². The average molecular weight is 364 g/mol. The number of nitrogens with one attached hydrogen (secondary N) is 2. The molecular formula is C19H32N4O3. The summed E-state index contributed by atoms with van der Waals surface area (Å²) in [7, 11) is 3.31. The van der Waals surface area contributed by atoms with E-state index >= 15 is 0 Å². The van der Waals surface area contributed by atoms with Gasteiger partial charge in [-0.3, -0.25) is 4.90 Å². The second kappa shape index (κ2) is 11.0. The molecule has 1 heterocycles. The van der Waals surface area contributed by atoms with E-state index in [0.29, 0.717) is 19.7 Å². The zero-order valence-electron chi connectivity index (χ0n) is 16.2. The first-order valence-corrected chi connectivity index (χ1v) is 9.29. The lowest BCUT2D eigenvalue weighted by Crippen LogP contribution is -2.50. The minimum atomic E-state index is -0.172. The summed E-state index contributed by atoms with van der Waals surface area (Å²) < 4.78 is 10.5. The fraction of sp³-hybridized carbons (Fsp3) is 0.632. The van der Waals surface area contributed by atoms with Crippen molar-refractivity contribution < 1.29 is 14.3 Å². The lowest BCUT2D eigenvalue weighted by molar-refractivity contribution is 0.0977. The van der Waals surface area contributed by atoms with E-state index in [1.165, 1.54) is 0 Å². The smallest absolute Gasteiger partial charge is 0.314 e. The Balaban J connectivity index is 2.05. The molecule has 7 heteroatoms. The van der Waals surface area contributed by atoms with Gasteiger partial charge in [0.1, 0.15) is 5.75 Å². The minimum Gasteiger partial charge on any atom is -0.496 e. The molecule has 0 bridgehead atoms. The van der Waals surface area contributed by atoms with Crippen LogP contribution in [-0.4, -0.2) is 82.5 Å². The average Bonchev–Trinajstić information content (AvgIpc) is 2.69. The van der Waals surface area contributed by atoms with Gasteiger partial charge in [0.05, 0.1) is 19.8 Å². The number of carbonyl (C=O) groups excluding carboxylic acids is 1. The fourth-order valence-corrected chi connectivity index (χ4v) is 3.29. The number of rotatable bonds is 9. The van der Waals surface area contributed by atoms with Crippen LogP contribution in [0.25, 0.3) is 0 Å². The number of para-hydroxylation sites is 1. The van der Waals surface area contributed by atoms with Gasteiger partial charge in [-0.25, -0.2) is 4.79 Å². The van der Waals surface area contributed by atoms with Crippen LogP contribution in [-0.2, 0) is 4.74 Å². The lowest BCUT2D eigenvalue weighted by atomic mass is 10.0. The van der Waals surface area contributed by atoms with Crippen molar-refractivity contribution in [1.82, 2.24) is 20.4 Å². The highest BCUT2D eigenvalue weighted by Crippen LogP contribution is 2.29. The zero-order valence-corrected chi connectivity index (χ0v) is 16.2. The number of amides is 2. The molecule has 146 valence electrons. The number of urea groups is 1. The quantitative estimate of drug-likeness (QED) is 0.647. The first kappa shape index (κ1) is 20.5. The van der Waals surface area contributed by atoms with Gasteiger partial charge in [0.25, 0.3) is 0 Å². The van der Waals surface area contributed by atoms with Gasteiger partial charge in [0.15, 0.2) is 0 Å². The van der Waals surface area contributed by atoms with Gasteiger partial charge in [-0.2, -0.15) is 0 Å². The molecule has 0 radical (unpaired) electrons. The van der Waals surface area contributed by atoms with Gasteiger partial charge >= 0.3 is 6.03 Å². The predicted octanol–water partition coefficient (Wildman–Crippen LogP) is 1.32. The second-order valence-corrected chi connectivity index (χ2v) is 6.36. The number of benzene rings is 1. The number of ether oxygens (including phenoxy) is 2. The Morgan fingerprint density at radius 3 is 2.54 bits per heavy atom. The van der Waals surface area contributed by atoms with Crippen molar-refractivity contribution in [2.45, 2.75) is 13.0 Å². The number of carbonyl (C=O) groups is 1. The Kier molecular flexibility index (Phi) is 8.67. The number of piperazine rings is 1. The molecule has 2 rings (SSSR count). The minimum absolute atomic E-state index is 0.0818. The second-order valence-electron chi connectivity index (χ2n) is 6.36. The summed E-state index contributed by atoms with van der Waals surface area (Å²) >= 11 is 0. The maximum atomic E-state index is 12.1. The summed E-state index contributed by atoms with van der Waals surface area (Å²) in [6, 6.07) is 7.96. The van der Waals surface area contributed by atoms with E-state index in [1.54, 1.807) is 14.2 Å². The van der Waals surface area contributed by atoms with Crippen molar-refractivity contribution >= 4 is 6.03 Å².